The molecular formula is C15H12BrNO3. The van der Waals surface area contributed by atoms with Crippen LogP contribution in [-0.4, -0.2) is 28.9 Å². The van der Waals surface area contributed by atoms with E-state index in [0.717, 1.165) is 10.0 Å². The fourth-order valence-corrected chi connectivity index (χ4v) is 2.57. The van der Waals surface area contributed by atoms with Crippen LogP contribution < -0.4 is 0 Å². The van der Waals surface area contributed by atoms with E-state index < -0.39 is 5.72 Å². The smallest absolute Gasteiger partial charge is 0.251 e. The Morgan fingerprint density at radius 2 is 1.80 bits per heavy atom. The van der Waals surface area contributed by atoms with Crippen LogP contribution in [0, 0.1) is 0 Å². The minimum absolute atomic E-state index is 0.0272. The summed E-state index contributed by atoms with van der Waals surface area (Å²) < 4.78 is 6.58. The van der Waals surface area contributed by atoms with Gasteiger partial charge in [0.15, 0.2) is 11.5 Å². The lowest BCUT2D eigenvalue weighted by Crippen LogP contribution is -2.44. The van der Waals surface area contributed by atoms with E-state index in [4.69, 9.17) is 4.74 Å². The van der Waals surface area contributed by atoms with Crippen molar-refractivity contribution in [2.45, 2.75) is 12.3 Å². The molecule has 20 heavy (non-hydrogen) atoms. The van der Waals surface area contributed by atoms with Crippen molar-refractivity contribution >= 4 is 27.6 Å². The minimum Gasteiger partial charge on any atom is -0.338 e. The summed E-state index contributed by atoms with van der Waals surface area (Å²) in [4.78, 5) is 24.9. The van der Waals surface area contributed by atoms with Crippen molar-refractivity contribution < 1.29 is 14.3 Å². The van der Waals surface area contributed by atoms with Crippen molar-refractivity contribution in [1.29, 1.82) is 0 Å². The summed E-state index contributed by atoms with van der Waals surface area (Å²) >= 11 is 3.38. The quantitative estimate of drug-likeness (QED) is 0.833. The van der Waals surface area contributed by atoms with Gasteiger partial charge in [-0.2, -0.15) is 0 Å². The van der Waals surface area contributed by atoms with Crippen LogP contribution >= 0.6 is 15.9 Å². The molecule has 1 aromatic carbocycles. The zero-order valence-corrected chi connectivity index (χ0v) is 12.2. The predicted molar refractivity (Wildman–Crippen MR) is 76.7 cm³/mol. The second-order valence-corrected chi connectivity index (χ2v) is 5.63. The normalized spacial score (nSPS) is 20.1. The first-order valence-electron chi connectivity index (χ1n) is 6.20. The third-order valence-corrected chi connectivity index (χ3v) is 3.91. The number of ether oxygens (including phenoxy) is 1. The van der Waals surface area contributed by atoms with Gasteiger partial charge in [0.2, 0.25) is 0 Å². The Bertz CT molecular complexity index is 603. The molecule has 1 aliphatic carbocycles. The van der Waals surface area contributed by atoms with Gasteiger partial charge in [-0.15, -0.1) is 0 Å². The molecule has 2 aliphatic rings. The number of ketones is 1. The molecule has 1 spiro atoms. The number of benzene rings is 1. The van der Waals surface area contributed by atoms with Crippen LogP contribution in [0.5, 0.6) is 0 Å². The molecule has 5 heteroatoms. The first-order valence-corrected chi connectivity index (χ1v) is 7.00. The zero-order chi connectivity index (χ0) is 14.2. The molecule has 0 atom stereocenters. The van der Waals surface area contributed by atoms with E-state index in [1.54, 1.807) is 17.1 Å². The van der Waals surface area contributed by atoms with E-state index >= 15 is 0 Å². The minimum atomic E-state index is -0.919. The number of carbonyl (C=O) groups excluding carboxylic acids is 2. The van der Waals surface area contributed by atoms with Crippen molar-refractivity contribution in [3.63, 3.8) is 0 Å². The number of rotatable bonds is 2. The van der Waals surface area contributed by atoms with Crippen molar-refractivity contribution in [2.24, 2.45) is 0 Å². The molecule has 3 rings (SSSR count). The maximum absolute atomic E-state index is 12.0. The number of halogens is 1. The van der Waals surface area contributed by atoms with E-state index in [1.165, 1.54) is 12.2 Å². The lowest BCUT2D eigenvalue weighted by atomic mass is 10.0. The first-order chi connectivity index (χ1) is 9.59. The van der Waals surface area contributed by atoms with Gasteiger partial charge in [0.05, 0.1) is 0 Å². The molecule has 0 radical (unpaired) electrons. The standard InChI is InChI=1S/C15H12BrNO3/c16-12-3-1-11(2-4-12)9-17-14(19)10-20-15(17)7-5-13(18)6-8-15/h1-8H,9-10H2. The van der Waals surface area contributed by atoms with Crippen LogP contribution in [0.1, 0.15) is 5.56 Å². The highest BCUT2D eigenvalue weighted by Crippen LogP contribution is 2.31. The second kappa shape index (κ2) is 5.00. The van der Waals surface area contributed by atoms with E-state index in [-0.39, 0.29) is 18.3 Å². The summed E-state index contributed by atoms with van der Waals surface area (Å²) in [5.41, 5.74) is 0.0862. The molecule has 1 fully saturated rings. The summed E-state index contributed by atoms with van der Waals surface area (Å²) in [7, 11) is 0. The fraction of sp³-hybridized carbons (Fsp3) is 0.200. The maximum atomic E-state index is 12.0. The maximum Gasteiger partial charge on any atom is 0.251 e. The number of carbonyl (C=O) groups is 2. The van der Waals surface area contributed by atoms with Crippen LogP contribution in [0.2, 0.25) is 0 Å². The van der Waals surface area contributed by atoms with E-state index in [9.17, 15) is 9.59 Å². The summed E-state index contributed by atoms with van der Waals surface area (Å²) in [6, 6.07) is 7.76. The largest absolute Gasteiger partial charge is 0.338 e. The molecule has 1 saturated heterocycles. The van der Waals surface area contributed by atoms with Crippen molar-refractivity contribution in [3.05, 3.63) is 58.6 Å². The topological polar surface area (TPSA) is 46.6 Å². The van der Waals surface area contributed by atoms with Gasteiger partial charge in [-0.3, -0.25) is 9.59 Å². The second-order valence-electron chi connectivity index (χ2n) is 4.72. The molecule has 1 aliphatic heterocycles. The average molecular weight is 334 g/mol. The predicted octanol–water partition coefficient (Wildman–Crippen LogP) is 2.20. The summed E-state index contributed by atoms with van der Waals surface area (Å²) in [6.45, 7) is 0.467. The highest BCUT2D eigenvalue weighted by Gasteiger charge is 2.44. The number of amides is 1. The molecule has 0 aromatic heterocycles. The Morgan fingerprint density at radius 1 is 1.15 bits per heavy atom. The molecule has 0 saturated carbocycles. The van der Waals surface area contributed by atoms with Crippen molar-refractivity contribution in [2.75, 3.05) is 6.61 Å². The van der Waals surface area contributed by atoms with E-state index in [1.807, 2.05) is 24.3 Å². The van der Waals surface area contributed by atoms with Crippen molar-refractivity contribution in [1.82, 2.24) is 4.90 Å². The fourth-order valence-electron chi connectivity index (χ4n) is 2.30. The first kappa shape index (κ1) is 13.3. The van der Waals surface area contributed by atoms with Gasteiger partial charge in [0, 0.05) is 11.0 Å². The van der Waals surface area contributed by atoms with Crippen LogP contribution in [0.3, 0.4) is 0 Å². The van der Waals surface area contributed by atoms with Crippen LogP contribution in [-0.2, 0) is 20.9 Å². The van der Waals surface area contributed by atoms with E-state index in [2.05, 4.69) is 15.9 Å². The average Bonchev–Trinajstić information content (AvgIpc) is 2.74. The van der Waals surface area contributed by atoms with Gasteiger partial charge in [-0.1, -0.05) is 28.1 Å². The zero-order valence-electron chi connectivity index (χ0n) is 10.6. The molecule has 102 valence electrons. The van der Waals surface area contributed by atoms with Crippen molar-refractivity contribution in [3.8, 4) is 0 Å². The van der Waals surface area contributed by atoms with Gasteiger partial charge in [0.1, 0.15) is 6.61 Å². The lowest BCUT2D eigenvalue weighted by Gasteiger charge is -2.33. The summed E-state index contributed by atoms with van der Waals surface area (Å²) in [5.74, 6) is -0.182. The number of allylic oxidation sites excluding steroid dienone is 2. The van der Waals surface area contributed by atoms with Gasteiger partial charge in [-0.25, -0.2) is 0 Å². The number of hydrogen-bond acceptors (Lipinski definition) is 3. The van der Waals surface area contributed by atoms with Crippen LogP contribution in [0.15, 0.2) is 53.0 Å². The Labute approximate surface area is 124 Å². The summed E-state index contributed by atoms with van der Waals surface area (Å²) in [5, 5.41) is 0. The molecule has 1 heterocycles. The van der Waals surface area contributed by atoms with Crippen LogP contribution in [0.4, 0.5) is 0 Å². The molecule has 0 N–H and O–H groups in total. The lowest BCUT2D eigenvalue weighted by molar-refractivity contribution is -0.129. The third kappa shape index (κ3) is 2.34. The number of nitrogens with zero attached hydrogens (tertiary/aromatic N) is 1. The Balaban J connectivity index is 1.88. The van der Waals surface area contributed by atoms with Crippen LogP contribution in [0.25, 0.3) is 0 Å². The summed E-state index contributed by atoms with van der Waals surface area (Å²) in [6.07, 6.45) is 6.15. The molecule has 0 unspecified atom stereocenters. The Hall–Kier alpha value is -1.72. The highest BCUT2D eigenvalue weighted by molar-refractivity contribution is 9.10. The van der Waals surface area contributed by atoms with Gasteiger partial charge in [-0.05, 0) is 42.0 Å². The Kier molecular flexibility index (Phi) is 3.31. The van der Waals surface area contributed by atoms with Gasteiger partial charge < -0.3 is 9.64 Å². The van der Waals surface area contributed by atoms with Gasteiger partial charge >= 0.3 is 0 Å². The molecule has 1 aromatic rings. The molecule has 4 nitrogen and oxygen atoms in total. The number of hydrogen-bond donors (Lipinski definition) is 0. The SMILES string of the molecule is O=C1C=CC2(C=C1)OCC(=O)N2Cc1ccc(Br)cc1. The monoisotopic (exact) mass is 333 g/mol. The molecular weight excluding hydrogens is 322 g/mol. The van der Waals surface area contributed by atoms with Gasteiger partial charge in [0.25, 0.3) is 5.91 Å². The van der Waals surface area contributed by atoms with E-state index in [0.29, 0.717) is 6.54 Å². The third-order valence-electron chi connectivity index (χ3n) is 3.38. The Morgan fingerprint density at radius 3 is 2.45 bits per heavy atom. The molecule has 0 bridgehead atoms. The molecule has 1 amide bonds. The highest BCUT2D eigenvalue weighted by atomic mass is 79.9.